The van der Waals surface area contributed by atoms with E-state index in [9.17, 15) is 9.59 Å². The number of hydrogen-bond donors (Lipinski definition) is 1. The zero-order valence-electron chi connectivity index (χ0n) is 14.1. The number of piperazine rings is 1. The van der Waals surface area contributed by atoms with E-state index in [1.807, 2.05) is 23.6 Å². The molecule has 1 rings (SSSR count). The SMILES string of the molecule is C=C(C)CNC(=NCC(=O)N(C)C)N1CCN(CC)C(=O)C1. The van der Waals surface area contributed by atoms with Crippen molar-refractivity contribution >= 4 is 17.8 Å². The molecule has 1 saturated heterocycles. The Balaban J connectivity index is 2.77. The third-order valence-corrected chi connectivity index (χ3v) is 3.41. The molecule has 0 aromatic carbocycles. The molecule has 0 atom stereocenters. The molecule has 7 heteroatoms. The van der Waals surface area contributed by atoms with Crippen molar-refractivity contribution in [1.29, 1.82) is 0 Å². The van der Waals surface area contributed by atoms with Crippen LogP contribution in [0.4, 0.5) is 0 Å². The number of aliphatic imine (C=N–C) groups is 1. The highest BCUT2D eigenvalue weighted by Crippen LogP contribution is 2.04. The second-order valence-electron chi connectivity index (χ2n) is 5.63. The Morgan fingerprint density at radius 3 is 2.59 bits per heavy atom. The molecule has 1 fully saturated rings. The normalized spacial score (nSPS) is 15.8. The van der Waals surface area contributed by atoms with Crippen LogP contribution >= 0.6 is 0 Å². The van der Waals surface area contributed by atoms with Crippen molar-refractivity contribution in [1.82, 2.24) is 20.0 Å². The van der Waals surface area contributed by atoms with Gasteiger partial charge in [0.25, 0.3) is 0 Å². The van der Waals surface area contributed by atoms with Gasteiger partial charge < -0.3 is 20.0 Å². The summed E-state index contributed by atoms with van der Waals surface area (Å²) >= 11 is 0. The maximum absolute atomic E-state index is 12.0. The van der Waals surface area contributed by atoms with Crippen LogP contribution < -0.4 is 5.32 Å². The number of rotatable bonds is 5. The van der Waals surface area contributed by atoms with Crippen LogP contribution in [-0.4, -0.2) is 85.8 Å². The number of hydrogen-bond acceptors (Lipinski definition) is 3. The number of likely N-dealkylation sites (N-methyl/N-ethyl adjacent to an activating group) is 2. The Morgan fingerprint density at radius 1 is 1.41 bits per heavy atom. The number of amides is 2. The van der Waals surface area contributed by atoms with Crippen LogP contribution in [0.3, 0.4) is 0 Å². The Labute approximate surface area is 132 Å². The summed E-state index contributed by atoms with van der Waals surface area (Å²) in [5, 5.41) is 3.17. The largest absolute Gasteiger partial charge is 0.352 e. The van der Waals surface area contributed by atoms with Gasteiger partial charge in [-0.05, 0) is 13.8 Å². The second kappa shape index (κ2) is 8.41. The summed E-state index contributed by atoms with van der Waals surface area (Å²) in [6.07, 6.45) is 0. The first-order valence-electron chi connectivity index (χ1n) is 7.50. The van der Waals surface area contributed by atoms with Gasteiger partial charge in [0, 0.05) is 40.3 Å². The molecule has 0 aliphatic carbocycles. The molecule has 0 spiro atoms. The van der Waals surface area contributed by atoms with E-state index in [1.54, 1.807) is 14.1 Å². The summed E-state index contributed by atoms with van der Waals surface area (Å²) in [7, 11) is 3.39. The number of nitrogens with zero attached hydrogens (tertiary/aromatic N) is 4. The van der Waals surface area contributed by atoms with Crippen molar-refractivity contribution in [2.24, 2.45) is 4.99 Å². The minimum absolute atomic E-state index is 0.0632. The van der Waals surface area contributed by atoms with Gasteiger partial charge >= 0.3 is 0 Å². The number of carbonyl (C=O) groups is 2. The summed E-state index contributed by atoms with van der Waals surface area (Å²) in [6, 6.07) is 0. The number of nitrogens with one attached hydrogen (secondary N) is 1. The Morgan fingerprint density at radius 2 is 2.09 bits per heavy atom. The second-order valence-corrected chi connectivity index (χ2v) is 5.63. The fourth-order valence-corrected chi connectivity index (χ4v) is 2.01. The van der Waals surface area contributed by atoms with Gasteiger partial charge in [-0.1, -0.05) is 12.2 Å². The molecule has 7 nitrogen and oxygen atoms in total. The van der Waals surface area contributed by atoms with Crippen LogP contribution in [0.25, 0.3) is 0 Å². The van der Waals surface area contributed by atoms with E-state index in [1.165, 1.54) is 4.90 Å². The molecule has 0 aromatic heterocycles. The minimum Gasteiger partial charge on any atom is -0.352 e. The molecule has 1 aliphatic heterocycles. The zero-order chi connectivity index (χ0) is 16.7. The Hall–Kier alpha value is -2.05. The fraction of sp³-hybridized carbons (Fsp3) is 0.667. The highest BCUT2D eigenvalue weighted by atomic mass is 16.2. The maximum Gasteiger partial charge on any atom is 0.243 e. The molecule has 124 valence electrons. The lowest BCUT2D eigenvalue weighted by atomic mass is 10.3. The molecule has 0 aromatic rings. The summed E-state index contributed by atoms with van der Waals surface area (Å²) in [5.74, 6) is 0.591. The van der Waals surface area contributed by atoms with Crippen LogP contribution in [0.15, 0.2) is 17.1 Å². The van der Waals surface area contributed by atoms with E-state index in [0.29, 0.717) is 25.6 Å². The zero-order valence-corrected chi connectivity index (χ0v) is 14.1. The van der Waals surface area contributed by atoms with Crippen molar-refractivity contribution in [3.63, 3.8) is 0 Å². The van der Waals surface area contributed by atoms with Crippen LogP contribution in [0, 0.1) is 0 Å². The first kappa shape index (κ1) is 18.0. The Kier molecular flexibility index (Phi) is 6.88. The molecule has 2 amide bonds. The highest BCUT2D eigenvalue weighted by Gasteiger charge is 2.25. The van der Waals surface area contributed by atoms with E-state index in [2.05, 4.69) is 16.9 Å². The predicted octanol–water partition coefficient (Wildman–Crippen LogP) is -0.240. The minimum atomic E-state index is -0.0758. The van der Waals surface area contributed by atoms with E-state index in [0.717, 1.165) is 12.1 Å². The summed E-state index contributed by atoms with van der Waals surface area (Å²) < 4.78 is 0. The number of guanidine groups is 1. The van der Waals surface area contributed by atoms with E-state index in [4.69, 9.17) is 0 Å². The van der Waals surface area contributed by atoms with Gasteiger partial charge in [0.2, 0.25) is 11.8 Å². The molecule has 22 heavy (non-hydrogen) atoms. The first-order chi connectivity index (χ1) is 10.3. The molecular formula is C15H27N5O2. The smallest absolute Gasteiger partial charge is 0.243 e. The summed E-state index contributed by atoms with van der Waals surface area (Å²) in [5.41, 5.74) is 0.963. The van der Waals surface area contributed by atoms with Crippen molar-refractivity contribution < 1.29 is 9.59 Å². The van der Waals surface area contributed by atoms with Gasteiger partial charge in [0.05, 0.1) is 6.54 Å². The van der Waals surface area contributed by atoms with Gasteiger partial charge in [-0.2, -0.15) is 0 Å². The average Bonchev–Trinajstić information content (AvgIpc) is 2.46. The Bertz CT molecular complexity index is 459. The highest BCUT2D eigenvalue weighted by molar-refractivity contribution is 5.89. The van der Waals surface area contributed by atoms with Crippen molar-refractivity contribution in [3.05, 3.63) is 12.2 Å². The number of carbonyl (C=O) groups excluding carboxylic acids is 2. The topological polar surface area (TPSA) is 68.2 Å². The molecule has 1 N–H and O–H groups in total. The maximum atomic E-state index is 12.0. The van der Waals surface area contributed by atoms with Gasteiger partial charge in [-0.25, -0.2) is 4.99 Å². The summed E-state index contributed by atoms with van der Waals surface area (Å²) in [4.78, 5) is 33.3. The average molecular weight is 309 g/mol. The molecule has 0 unspecified atom stereocenters. The molecular weight excluding hydrogens is 282 g/mol. The van der Waals surface area contributed by atoms with Crippen LogP contribution in [0.1, 0.15) is 13.8 Å². The van der Waals surface area contributed by atoms with E-state index < -0.39 is 0 Å². The van der Waals surface area contributed by atoms with Crippen molar-refractivity contribution in [2.45, 2.75) is 13.8 Å². The molecule has 0 bridgehead atoms. The first-order valence-corrected chi connectivity index (χ1v) is 7.50. The monoisotopic (exact) mass is 309 g/mol. The molecule has 0 radical (unpaired) electrons. The van der Waals surface area contributed by atoms with Gasteiger partial charge in [0.1, 0.15) is 6.54 Å². The standard InChI is InChI=1S/C15H27N5O2/c1-6-19-7-8-20(11-14(19)22)15(16-9-12(2)3)17-10-13(21)18(4)5/h2,6-11H2,1,3-5H3,(H,16,17). The van der Waals surface area contributed by atoms with Crippen LogP contribution in [0.5, 0.6) is 0 Å². The van der Waals surface area contributed by atoms with Crippen molar-refractivity contribution in [2.75, 3.05) is 53.4 Å². The lowest BCUT2D eigenvalue weighted by molar-refractivity contribution is -0.134. The third-order valence-electron chi connectivity index (χ3n) is 3.41. The third kappa shape index (κ3) is 5.38. The lowest BCUT2D eigenvalue weighted by Gasteiger charge is -2.35. The van der Waals surface area contributed by atoms with Gasteiger partial charge in [-0.3, -0.25) is 9.59 Å². The van der Waals surface area contributed by atoms with Gasteiger partial charge in [0.15, 0.2) is 5.96 Å². The van der Waals surface area contributed by atoms with Crippen LogP contribution in [-0.2, 0) is 9.59 Å². The van der Waals surface area contributed by atoms with Gasteiger partial charge in [-0.15, -0.1) is 0 Å². The van der Waals surface area contributed by atoms with E-state index >= 15 is 0 Å². The van der Waals surface area contributed by atoms with E-state index in [-0.39, 0.29) is 24.9 Å². The summed E-state index contributed by atoms with van der Waals surface area (Å²) in [6.45, 7) is 10.7. The quantitative estimate of drug-likeness (QED) is 0.432. The van der Waals surface area contributed by atoms with Crippen LogP contribution in [0.2, 0.25) is 0 Å². The molecule has 0 saturated carbocycles. The fourth-order valence-electron chi connectivity index (χ4n) is 2.01. The molecule has 1 aliphatic rings. The predicted molar refractivity (Wildman–Crippen MR) is 87.6 cm³/mol. The molecule has 1 heterocycles. The van der Waals surface area contributed by atoms with Crippen molar-refractivity contribution in [3.8, 4) is 0 Å². The lowest BCUT2D eigenvalue weighted by Crippen LogP contribution is -2.55.